The Morgan fingerprint density at radius 2 is 1.92 bits per heavy atom. The molecule has 0 saturated carbocycles. The number of carbonyl (C=O) groups is 2. The first kappa shape index (κ1) is 16.2. The first-order valence-electron chi connectivity index (χ1n) is 8.12. The molecule has 0 saturated heterocycles. The highest BCUT2D eigenvalue weighted by Gasteiger charge is 2.31. The van der Waals surface area contributed by atoms with Crippen LogP contribution in [-0.4, -0.2) is 18.3 Å². The van der Waals surface area contributed by atoms with Gasteiger partial charge in [-0.15, -0.1) is 0 Å². The van der Waals surface area contributed by atoms with Gasteiger partial charge in [-0.1, -0.05) is 31.2 Å². The Morgan fingerprint density at radius 3 is 2.67 bits per heavy atom. The molecule has 1 amide bonds. The number of carbonyl (C=O) groups excluding carboxylic acids is 2. The molecule has 0 heterocycles. The molecule has 124 valence electrons. The van der Waals surface area contributed by atoms with Gasteiger partial charge < -0.3 is 10.1 Å². The Balaban J connectivity index is 1.73. The van der Waals surface area contributed by atoms with Crippen LogP contribution in [0.3, 0.4) is 0 Å². The molecule has 0 fully saturated rings. The molecule has 4 nitrogen and oxygen atoms in total. The van der Waals surface area contributed by atoms with E-state index in [1.54, 1.807) is 6.07 Å². The Bertz CT molecular complexity index is 811. The van der Waals surface area contributed by atoms with Crippen LogP contribution in [0.4, 0.5) is 5.69 Å². The fourth-order valence-corrected chi connectivity index (χ4v) is 3.27. The molecule has 4 heteroatoms. The van der Waals surface area contributed by atoms with Crippen LogP contribution < -0.4 is 10.1 Å². The van der Waals surface area contributed by atoms with Crippen LogP contribution in [0.25, 0.3) is 0 Å². The van der Waals surface area contributed by atoms with Crippen molar-refractivity contribution in [2.75, 3.05) is 11.9 Å². The van der Waals surface area contributed by atoms with Crippen molar-refractivity contribution < 1.29 is 14.3 Å². The van der Waals surface area contributed by atoms with Gasteiger partial charge in [0, 0.05) is 12.1 Å². The molecule has 1 aliphatic rings. The van der Waals surface area contributed by atoms with Crippen LogP contribution in [0.1, 0.15) is 46.3 Å². The number of Topliss-reactive ketones (excluding diaryl/α,β-unsaturated/α-hetero) is 1. The van der Waals surface area contributed by atoms with Gasteiger partial charge in [-0.25, -0.2) is 0 Å². The van der Waals surface area contributed by atoms with Gasteiger partial charge in [0.05, 0.1) is 5.56 Å². The number of ketones is 1. The highest BCUT2D eigenvalue weighted by molar-refractivity contribution is 6.04. The highest BCUT2D eigenvalue weighted by Crippen LogP contribution is 2.40. The second-order valence-corrected chi connectivity index (χ2v) is 6.35. The number of nitrogens with one attached hydrogen (secondary N) is 1. The summed E-state index contributed by atoms with van der Waals surface area (Å²) in [5.74, 6) is 0.564. The van der Waals surface area contributed by atoms with E-state index in [4.69, 9.17) is 4.74 Å². The lowest BCUT2D eigenvalue weighted by Crippen LogP contribution is -2.21. The first-order chi connectivity index (χ1) is 11.5. The van der Waals surface area contributed by atoms with Crippen LogP contribution in [0.5, 0.6) is 5.75 Å². The number of fused-ring (bicyclic) bond motifs is 1. The fraction of sp³-hybridized carbons (Fsp3) is 0.300. The average molecular weight is 323 g/mol. The van der Waals surface area contributed by atoms with E-state index in [1.165, 1.54) is 0 Å². The van der Waals surface area contributed by atoms with Crippen LogP contribution >= 0.6 is 0 Å². The standard InChI is InChI=1S/C20H21NO3/c1-12-6-4-5-7-15(12)21-18(23)11-24-17-9-8-13(2)19-14(3)10-16(22)20(17)19/h4-9,14H,10-11H2,1-3H3,(H,21,23). The van der Waals surface area contributed by atoms with Crippen LogP contribution in [0.2, 0.25) is 0 Å². The van der Waals surface area contributed by atoms with Gasteiger partial charge in [0.2, 0.25) is 0 Å². The monoisotopic (exact) mass is 323 g/mol. The highest BCUT2D eigenvalue weighted by atomic mass is 16.5. The van der Waals surface area contributed by atoms with Crippen LogP contribution in [-0.2, 0) is 4.79 Å². The molecule has 1 unspecified atom stereocenters. The third kappa shape index (κ3) is 3.04. The molecule has 0 spiro atoms. The summed E-state index contributed by atoms with van der Waals surface area (Å²) in [7, 11) is 0. The molecule has 1 N–H and O–H groups in total. The molecule has 2 aromatic carbocycles. The maximum absolute atomic E-state index is 12.2. The summed E-state index contributed by atoms with van der Waals surface area (Å²) in [6.07, 6.45) is 0.506. The van der Waals surface area contributed by atoms with E-state index in [2.05, 4.69) is 5.32 Å². The van der Waals surface area contributed by atoms with E-state index >= 15 is 0 Å². The number of anilines is 1. The maximum atomic E-state index is 12.2. The molecule has 1 aliphatic carbocycles. The van der Waals surface area contributed by atoms with Crippen molar-refractivity contribution >= 4 is 17.4 Å². The smallest absolute Gasteiger partial charge is 0.262 e. The minimum Gasteiger partial charge on any atom is -0.483 e. The topological polar surface area (TPSA) is 55.4 Å². The predicted molar refractivity (Wildman–Crippen MR) is 93.8 cm³/mol. The second-order valence-electron chi connectivity index (χ2n) is 6.35. The van der Waals surface area contributed by atoms with Crippen molar-refractivity contribution in [3.8, 4) is 5.75 Å². The van der Waals surface area contributed by atoms with E-state index in [-0.39, 0.29) is 24.2 Å². The summed E-state index contributed by atoms with van der Waals surface area (Å²) in [5.41, 5.74) is 4.55. The summed E-state index contributed by atoms with van der Waals surface area (Å²) in [5, 5.41) is 2.83. The molecule has 0 aromatic heterocycles. The number of benzene rings is 2. The Hall–Kier alpha value is -2.62. The molecule has 2 aromatic rings. The molecule has 24 heavy (non-hydrogen) atoms. The quantitative estimate of drug-likeness (QED) is 0.925. The molecule has 3 rings (SSSR count). The zero-order chi connectivity index (χ0) is 17.3. The fourth-order valence-electron chi connectivity index (χ4n) is 3.27. The zero-order valence-electron chi connectivity index (χ0n) is 14.2. The predicted octanol–water partition coefficient (Wildman–Crippen LogP) is 4.01. The third-order valence-corrected chi connectivity index (χ3v) is 4.47. The van der Waals surface area contributed by atoms with Gasteiger partial charge in [0.1, 0.15) is 5.75 Å². The van der Waals surface area contributed by atoms with Gasteiger partial charge in [-0.3, -0.25) is 9.59 Å². The number of para-hydroxylation sites is 1. The van der Waals surface area contributed by atoms with Crippen molar-refractivity contribution in [3.63, 3.8) is 0 Å². The number of ether oxygens (including phenoxy) is 1. The number of rotatable bonds is 4. The zero-order valence-corrected chi connectivity index (χ0v) is 14.2. The summed E-state index contributed by atoms with van der Waals surface area (Å²) in [6, 6.07) is 11.3. The van der Waals surface area contributed by atoms with Crippen molar-refractivity contribution in [2.45, 2.75) is 33.1 Å². The van der Waals surface area contributed by atoms with Crippen molar-refractivity contribution in [2.24, 2.45) is 0 Å². The van der Waals surface area contributed by atoms with Gasteiger partial charge >= 0.3 is 0 Å². The van der Waals surface area contributed by atoms with Crippen LogP contribution in [0, 0.1) is 13.8 Å². The summed E-state index contributed by atoms with van der Waals surface area (Å²) >= 11 is 0. The summed E-state index contributed by atoms with van der Waals surface area (Å²) in [4.78, 5) is 24.4. The average Bonchev–Trinajstić information content (AvgIpc) is 2.85. The van der Waals surface area contributed by atoms with E-state index in [0.29, 0.717) is 17.7 Å². The molecular weight excluding hydrogens is 302 g/mol. The van der Waals surface area contributed by atoms with Gasteiger partial charge in [-0.05, 0) is 48.6 Å². The van der Waals surface area contributed by atoms with E-state index < -0.39 is 0 Å². The van der Waals surface area contributed by atoms with Gasteiger partial charge in [0.15, 0.2) is 12.4 Å². The SMILES string of the molecule is Cc1ccccc1NC(=O)COc1ccc(C)c2c1C(=O)CC2C. The first-order valence-corrected chi connectivity index (χ1v) is 8.12. The lowest BCUT2D eigenvalue weighted by atomic mass is 9.97. The third-order valence-electron chi connectivity index (χ3n) is 4.47. The number of aryl methyl sites for hydroxylation is 2. The molecular formula is C20H21NO3. The van der Waals surface area contributed by atoms with Gasteiger partial charge in [-0.2, -0.15) is 0 Å². The van der Waals surface area contributed by atoms with Crippen molar-refractivity contribution in [1.82, 2.24) is 0 Å². The Labute approximate surface area is 141 Å². The minimum atomic E-state index is -0.239. The lowest BCUT2D eigenvalue weighted by Gasteiger charge is -2.13. The lowest BCUT2D eigenvalue weighted by molar-refractivity contribution is -0.118. The largest absolute Gasteiger partial charge is 0.483 e. The molecule has 0 radical (unpaired) electrons. The summed E-state index contributed by atoms with van der Waals surface area (Å²) in [6.45, 7) is 5.86. The van der Waals surface area contributed by atoms with E-state index in [1.807, 2.05) is 51.1 Å². The number of hydrogen-bond donors (Lipinski definition) is 1. The van der Waals surface area contributed by atoms with Crippen LogP contribution in [0.15, 0.2) is 36.4 Å². The van der Waals surface area contributed by atoms with E-state index in [0.717, 1.165) is 22.4 Å². The second kappa shape index (κ2) is 6.48. The van der Waals surface area contributed by atoms with Crippen molar-refractivity contribution in [1.29, 1.82) is 0 Å². The van der Waals surface area contributed by atoms with Crippen molar-refractivity contribution in [3.05, 3.63) is 58.7 Å². The minimum absolute atomic E-state index is 0.0931. The molecule has 0 bridgehead atoms. The Morgan fingerprint density at radius 1 is 1.17 bits per heavy atom. The normalized spacial score (nSPS) is 16.0. The summed E-state index contributed by atoms with van der Waals surface area (Å²) < 4.78 is 5.66. The number of amides is 1. The van der Waals surface area contributed by atoms with E-state index in [9.17, 15) is 9.59 Å². The maximum Gasteiger partial charge on any atom is 0.262 e. The molecule has 1 atom stereocenters. The van der Waals surface area contributed by atoms with Gasteiger partial charge in [0.25, 0.3) is 5.91 Å². The Kier molecular flexibility index (Phi) is 4.38. The molecule has 0 aliphatic heterocycles. The number of hydrogen-bond acceptors (Lipinski definition) is 3.